The SMILES string of the molecule is CC(Br)CN(C)c1ncnc2c1CCC2. The summed E-state index contributed by atoms with van der Waals surface area (Å²) in [7, 11) is 2.10. The van der Waals surface area contributed by atoms with E-state index < -0.39 is 0 Å². The third-order valence-corrected chi connectivity index (χ3v) is 3.03. The summed E-state index contributed by atoms with van der Waals surface area (Å²) in [6, 6.07) is 0. The summed E-state index contributed by atoms with van der Waals surface area (Å²) in [6.07, 6.45) is 5.16. The fraction of sp³-hybridized carbons (Fsp3) is 0.636. The number of halogens is 1. The van der Waals surface area contributed by atoms with Gasteiger partial charge in [0.1, 0.15) is 12.1 Å². The third kappa shape index (κ3) is 2.30. The number of hydrogen-bond acceptors (Lipinski definition) is 3. The molecule has 0 amide bonds. The lowest BCUT2D eigenvalue weighted by molar-refractivity contribution is 0.844. The Hall–Kier alpha value is -0.640. The maximum atomic E-state index is 4.40. The van der Waals surface area contributed by atoms with Crippen LogP contribution in [-0.4, -0.2) is 28.4 Å². The molecule has 0 N–H and O–H groups in total. The van der Waals surface area contributed by atoms with Crippen LogP contribution in [0.5, 0.6) is 0 Å². The van der Waals surface area contributed by atoms with Crippen molar-refractivity contribution in [3.8, 4) is 0 Å². The predicted molar refractivity (Wildman–Crippen MR) is 65.7 cm³/mol. The molecule has 0 aromatic carbocycles. The van der Waals surface area contributed by atoms with Gasteiger partial charge in [0, 0.05) is 29.7 Å². The van der Waals surface area contributed by atoms with Crippen LogP contribution in [0.25, 0.3) is 0 Å². The molecule has 1 unspecified atom stereocenters. The second kappa shape index (κ2) is 4.47. The minimum Gasteiger partial charge on any atom is -0.358 e. The average Bonchev–Trinajstić information content (AvgIpc) is 2.63. The maximum Gasteiger partial charge on any atom is 0.135 e. The molecule has 82 valence electrons. The molecule has 0 saturated carbocycles. The second-order valence-corrected chi connectivity index (χ2v) is 5.70. The highest BCUT2D eigenvalue weighted by molar-refractivity contribution is 9.09. The average molecular weight is 270 g/mol. The topological polar surface area (TPSA) is 29.0 Å². The van der Waals surface area contributed by atoms with Gasteiger partial charge < -0.3 is 4.90 Å². The molecule has 1 aliphatic rings. The van der Waals surface area contributed by atoms with Crippen molar-refractivity contribution in [2.45, 2.75) is 31.0 Å². The van der Waals surface area contributed by atoms with Crippen LogP contribution in [0.4, 0.5) is 5.82 Å². The molecule has 3 nitrogen and oxygen atoms in total. The van der Waals surface area contributed by atoms with Gasteiger partial charge in [-0.3, -0.25) is 0 Å². The summed E-state index contributed by atoms with van der Waals surface area (Å²) in [5.41, 5.74) is 2.60. The molecule has 1 heterocycles. The van der Waals surface area contributed by atoms with Crippen LogP contribution in [0, 0.1) is 0 Å². The first-order valence-electron chi connectivity index (χ1n) is 5.36. The molecular weight excluding hydrogens is 254 g/mol. The number of alkyl halides is 1. The Morgan fingerprint density at radius 2 is 2.27 bits per heavy atom. The Kier molecular flexibility index (Phi) is 3.24. The Morgan fingerprint density at radius 3 is 3.00 bits per heavy atom. The minimum atomic E-state index is 0.481. The number of hydrogen-bond donors (Lipinski definition) is 0. The van der Waals surface area contributed by atoms with Crippen molar-refractivity contribution in [1.29, 1.82) is 0 Å². The first-order valence-corrected chi connectivity index (χ1v) is 6.28. The Morgan fingerprint density at radius 1 is 1.47 bits per heavy atom. The molecule has 0 aliphatic heterocycles. The Bertz CT molecular complexity index is 352. The Balaban J connectivity index is 2.24. The van der Waals surface area contributed by atoms with E-state index in [1.807, 2.05) is 0 Å². The number of aromatic nitrogens is 2. The van der Waals surface area contributed by atoms with Gasteiger partial charge in [-0.2, -0.15) is 0 Å². The number of fused-ring (bicyclic) bond motifs is 1. The van der Waals surface area contributed by atoms with Gasteiger partial charge in [-0.25, -0.2) is 9.97 Å². The minimum absolute atomic E-state index is 0.481. The molecule has 0 bridgehead atoms. The van der Waals surface area contributed by atoms with E-state index in [9.17, 15) is 0 Å². The van der Waals surface area contributed by atoms with E-state index in [2.05, 4.69) is 44.8 Å². The van der Waals surface area contributed by atoms with Crippen LogP contribution < -0.4 is 4.90 Å². The lowest BCUT2D eigenvalue weighted by Crippen LogP contribution is -2.26. The van der Waals surface area contributed by atoms with E-state index in [1.54, 1.807) is 6.33 Å². The molecule has 1 aliphatic carbocycles. The van der Waals surface area contributed by atoms with Gasteiger partial charge in [-0.05, 0) is 19.3 Å². The highest BCUT2D eigenvalue weighted by Crippen LogP contribution is 2.27. The summed E-state index contributed by atoms with van der Waals surface area (Å²) in [5, 5.41) is 0. The molecular formula is C11H16BrN3. The first kappa shape index (κ1) is 10.9. The van der Waals surface area contributed by atoms with E-state index in [0.29, 0.717) is 4.83 Å². The van der Waals surface area contributed by atoms with E-state index >= 15 is 0 Å². The van der Waals surface area contributed by atoms with Gasteiger partial charge in [0.15, 0.2) is 0 Å². The van der Waals surface area contributed by atoms with Crippen molar-refractivity contribution in [2.24, 2.45) is 0 Å². The van der Waals surface area contributed by atoms with Crippen LogP contribution >= 0.6 is 15.9 Å². The van der Waals surface area contributed by atoms with Crippen molar-refractivity contribution in [3.63, 3.8) is 0 Å². The summed E-state index contributed by atoms with van der Waals surface area (Å²) in [4.78, 5) is 11.4. The number of aryl methyl sites for hydroxylation is 1. The molecule has 15 heavy (non-hydrogen) atoms. The largest absolute Gasteiger partial charge is 0.358 e. The van der Waals surface area contributed by atoms with Gasteiger partial charge in [0.25, 0.3) is 0 Å². The van der Waals surface area contributed by atoms with Gasteiger partial charge in [-0.15, -0.1) is 0 Å². The lowest BCUT2D eigenvalue weighted by Gasteiger charge is -2.21. The van der Waals surface area contributed by atoms with Crippen molar-refractivity contribution < 1.29 is 0 Å². The Labute approximate surface area is 99.0 Å². The molecule has 0 fully saturated rings. The van der Waals surface area contributed by atoms with Gasteiger partial charge in [0.05, 0.1) is 0 Å². The first-order chi connectivity index (χ1) is 7.18. The highest BCUT2D eigenvalue weighted by atomic mass is 79.9. The molecule has 0 saturated heterocycles. The number of nitrogens with zero attached hydrogens (tertiary/aromatic N) is 3. The fourth-order valence-corrected chi connectivity index (χ4v) is 2.57. The number of rotatable bonds is 3. The van der Waals surface area contributed by atoms with E-state index in [0.717, 1.165) is 25.2 Å². The summed E-state index contributed by atoms with van der Waals surface area (Å²) in [5.74, 6) is 1.11. The van der Waals surface area contributed by atoms with Crippen molar-refractivity contribution >= 4 is 21.7 Å². The lowest BCUT2D eigenvalue weighted by atomic mass is 10.2. The zero-order valence-corrected chi connectivity index (χ0v) is 10.8. The van der Waals surface area contributed by atoms with E-state index in [-0.39, 0.29) is 0 Å². The van der Waals surface area contributed by atoms with Crippen LogP contribution in [0.1, 0.15) is 24.6 Å². The quantitative estimate of drug-likeness (QED) is 0.788. The second-order valence-electron chi connectivity index (χ2n) is 4.14. The zero-order chi connectivity index (χ0) is 10.8. The molecule has 1 atom stereocenters. The van der Waals surface area contributed by atoms with Crippen molar-refractivity contribution in [2.75, 3.05) is 18.5 Å². The van der Waals surface area contributed by atoms with Crippen molar-refractivity contribution in [3.05, 3.63) is 17.6 Å². The van der Waals surface area contributed by atoms with Crippen LogP contribution in [0.15, 0.2) is 6.33 Å². The van der Waals surface area contributed by atoms with Crippen molar-refractivity contribution in [1.82, 2.24) is 9.97 Å². The van der Waals surface area contributed by atoms with E-state index in [4.69, 9.17) is 0 Å². The predicted octanol–water partition coefficient (Wildman–Crippen LogP) is 2.18. The monoisotopic (exact) mass is 269 g/mol. The molecule has 0 spiro atoms. The summed E-state index contributed by atoms with van der Waals surface area (Å²) < 4.78 is 0. The molecule has 4 heteroatoms. The summed E-state index contributed by atoms with van der Waals surface area (Å²) in [6.45, 7) is 3.13. The van der Waals surface area contributed by atoms with Gasteiger partial charge in [-0.1, -0.05) is 22.9 Å². The number of anilines is 1. The van der Waals surface area contributed by atoms with Gasteiger partial charge in [0.2, 0.25) is 0 Å². The smallest absolute Gasteiger partial charge is 0.135 e. The highest BCUT2D eigenvalue weighted by Gasteiger charge is 2.19. The normalized spacial score (nSPS) is 16.2. The molecule has 2 rings (SSSR count). The zero-order valence-electron chi connectivity index (χ0n) is 9.20. The molecule has 1 aromatic rings. The maximum absolute atomic E-state index is 4.40. The van der Waals surface area contributed by atoms with Crippen LogP contribution in [0.2, 0.25) is 0 Å². The summed E-state index contributed by atoms with van der Waals surface area (Å²) >= 11 is 3.57. The molecule has 0 radical (unpaired) electrons. The van der Waals surface area contributed by atoms with Crippen LogP contribution in [0.3, 0.4) is 0 Å². The standard InChI is InChI=1S/C11H16BrN3/c1-8(12)6-15(2)11-9-4-3-5-10(9)13-7-14-11/h7-8H,3-6H2,1-2H3. The van der Waals surface area contributed by atoms with Gasteiger partial charge >= 0.3 is 0 Å². The van der Waals surface area contributed by atoms with Crippen LogP contribution in [-0.2, 0) is 12.8 Å². The van der Waals surface area contributed by atoms with E-state index in [1.165, 1.54) is 17.7 Å². The fourth-order valence-electron chi connectivity index (χ4n) is 2.14. The third-order valence-electron chi connectivity index (χ3n) is 2.74. The molecule has 1 aromatic heterocycles.